The zero-order chi connectivity index (χ0) is 21.3. The number of fused-ring (bicyclic) bond motifs is 3. The van der Waals surface area contributed by atoms with Gasteiger partial charge in [0.25, 0.3) is 11.6 Å². The van der Waals surface area contributed by atoms with Gasteiger partial charge in [-0.25, -0.2) is 0 Å². The lowest BCUT2D eigenvalue weighted by atomic mass is 9.83. The summed E-state index contributed by atoms with van der Waals surface area (Å²) in [5, 5.41) is 14.0. The molecule has 1 N–H and O–H groups in total. The average Bonchev–Trinajstić information content (AvgIpc) is 3.30. The average molecular weight is 410 g/mol. The number of hydrogen-bond donors (Lipinski definition) is 1. The Kier molecular flexibility index (Phi) is 5.26. The van der Waals surface area contributed by atoms with Crippen molar-refractivity contribution in [1.82, 2.24) is 10.2 Å². The maximum absolute atomic E-state index is 12.9. The van der Waals surface area contributed by atoms with Crippen molar-refractivity contribution in [2.75, 3.05) is 31.1 Å². The summed E-state index contributed by atoms with van der Waals surface area (Å²) in [5.41, 5.74) is 1.65. The largest absolute Gasteiger partial charge is 0.459 e. The molecule has 1 saturated heterocycles. The molecule has 2 amide bonds. The molecule has 1 fully saturated rings. The first kappa shape index (κ1) is 19.7. The van der Waals surface area contributed by atoms with E-state index in [0.717, 1.165) is 11.3 Å². The van der Waals surface area contributed by atoms with Crippen LogP contribution in [0.4, 0.5) is 11.4 Å². The molecule has 0 unspecified atom stereocenters. The predicted octanol–water partition coefficient (Wildman–Crippen LogP) is 1.99. The Bertz CT molecular complexity index is 987. The fourth-order valence-electron chi connectivity index (χ4n) is 4.27. The molecule has 0 aliphatic carbocycles. The second kappa shape index (κ2) is 8.02. The van der Waals surface area contributed by atoms with Gasteiger partial charge in [0.2, 0.25) is 5.91 Å². The van der Waals surface area contributed by atoms with Crippen LogP contribution >= 0.6 is 0 Å². The molecule has 2 atom stereocenters. The highest BCUT2D eigenvalue weighted by Crippen LogP contribution is 2.38. The van der Waals surface area contributed by atoms with Crippen LogP contribution in [0.15, 0.2) is 53.7 Å². The molecule has 0 saturated carbocycles. The minimum Gasteiger partial charge on any atom is -0.459 e. The normalized spacial score (nSPS) is 20.1. The molecule has 0 bridgehead atoms. The van der Waals surface area contributed by atoms with Crippen LogP contribution in [0.5, 0.6) is 0 Å². The lowest BCUT2D eigenvalue weighted by Crippen LogP contribution is -2.62. The van der Waals surface area contributed by atoms with Crippen LogP contribution in [0.1, 0.15) is 16.1 Å². The Labute approximate surface area is 173 Å². The molecular formula is C21H22N4O5. The molecule has 2 aliphatic rings. The SMILES string of the molecule is C=CCNC(=O)[C@@H]1Cc2cc([N+](=O)[O-])ccc2N2CCN(C(=O)c3ccco3)C[C@H]12. The topological polar surface area (TPSA) is 109 Å². The smallest absolute Gasteiger partial charge is 0.289 e. The van der Waals surface area contributed by atoms with E-state index in [-0.39, 0.29) is 29.3 Å². The number of nitro benzene ring substituents is 1. The molecule has 30 heavy (non-hydrogen) atoms. The van der Waals surface area contributed by atoms with E-state index in [1.165, 1.54) is 12.3 Å². The fraction of sp³-hybridized carbons (Fsp3) is 0.333. The number of hydrogen-bond acceptors (Lipinski definition) is 6. The highest BCUT2D eigenvalue weighted by molar-refractivity contribution is 5.92. The summed E-state index contributed by atoms with van der Waals surface area (Å²) in [6.45, 7) is 5.31. The Morgan fingerprint density at radius 2 is 2.17 bits per heavy atom. The Morgan fingerprint density at radius 3 is 2.87 bits per heavy atom. The van der Waals surface area contributed by atoms with Crippen molar-refractivity contribution in [3.63, 3.8) is 0 Å². The number of carbonyl (C=O) groups is 2. The minimum absolute atomic E-state index is 0.00378. The van der Waals surface area contributed by atoms with Gasteiger partial charge < -0.3 is 19.5 Å². The van der Waals surface area contributed by atoms with E-state index in [2.05, 4.69) is 16.8 Å². The van der Waals surface area contributed by atoms with Gasteiger partial charge in [-0.05, 0) is 30.2 Å². The molecule has 0 radical (unpaired) electrons. The molecular weight excluding hydrogens is 388 g/mol. The summed E-state index contributed by atoms with van der Waals surface area (Å²) in [6.07, 6.45) is 3.42. The van der Waals surface area contributed by atoms with E-state index in [0.29, 0.717) is 32.6 Å². The Morgan fingerprint density at radius 1 is 1.33 bits per heavy atom. The molecule has 2 aromatic rings. The number of carbonyl (C=O) groups excluding carboxylic acids is 2. The quantitative estimate of drug-likeness (QED) is 0.459. The van der Waals surface area contributed by atoms with Crippen molar-refractivity contribution >= 4 is 23.2 Å². The highest BCUT2D eigenvalue weighted by atomic mass is 16.6. The standard InChI is InChI=1S/C21H22N4O5/c1-2-7-22-20(26)16-12-14-11-15(25(28)29)5-6-17(14)24-9-8-23(13-18(16)24)21(27)19-4-3-10-30-19/h2-6,10-11,16,18H,1,7-9,12-13H2,(H,22,26)/t16-,18-/m1/s1. The first-order valence-corrected chi connectivity index (χ1v) is 9.75. The van der Waals surface area contributed by atoms with Crippen molar-refractivity contribution in [3.05, 3.63) is 70.7 Å². The van der Waals surface area contributed by atoms with Crippen LogP contribution in [0, 0.1) is 16.0 Å². The van der Waals surface area contributed by atoms with Crippen LogP contribution in [0.3, 0.4) is 0 Å². The van der Waals surface area contributed by atoms with Crippen molar-refractivity contribution in [3.8, 4) is 0 Å². The third-order valence-corrected chi connectivity index (χ3v) is 5.68. The highest BCUT2D eigenvalue weighted by Gasteiger charge is 2.43. The summed E-state index contributed by atoms with van der Waals surface area (Å²) < 4.78 is 5.24. The lowest BCUT2D eigenvalue weighted by Gasteiger charge is -2.48. The van der Waals surface area contributed by atoms with Crippen LogP contribution in [-0.4, -0.2) is 53.9 Å². The number of nitrogens with one attached hydrogen (secondary N) is 1. The Balaban J connectivity index is 1.65. The number of anilines is 1. The zero-order valence-electron chi connectivity index (χ0n) is 16.3. The summed E-state index contributed by atoms with van der Waals surface area (Å²) in [7, 11) is 0. The molecule has 4 rings (SSSR count). The van der Waals surface area contributed by atoms with Crippen LogP contribution in [-0.2, 0) is 11.2 Å². The van der Waals surface area contributed by atoms with E-state index in [1.54, 1.807) is 35.2 Å². The van der Waals surface area contributed by atoms with Crippen molar-refractivity contribution in [2.24, 2.45) is 5.92 Å². The van der Waals surface area contributed by atoms with Crippen molar-refractivity contribution < 1.29 is 18.9 Å². The number of amides is 2. The maximum Gasteiger partial charge on any atom is 0.289 e. The van der Waals surface area contributed by atoms with Crippen molar-refractivity contribution in [2.45, 2.75) is 12.5 Å². The van der Waals surface area contributed by atoms with E-state index < -0.39 is 10.8 Å². The van der Waals surface area contributed by atoms with Gasteiger partial charge >= 0.3 is 0 Å². The van der Waals surface area contributed by atoms with Gasteiger partial charge in [-0.1, -0.05) is 6.08 Å². The van der Waals surface area contributed by atoms with Gasteiger partial charge in [0, 0.05) is 44.0 Å². The van der Waals surface area contributed by atoms with E-state index >= 15 is 0 Å². The number of furan rings is 1. The number of benzene rings is 1. The third-order valence-electron chi connectivity index (χ3n) is 5.68. The molecule has 9 nitrogen and oxygen atoms in total. The number of piperazine rings is 1. The molecule has 9 heteroatoms. The third kappa shape index (κ3) is 3.54. The van der Waals surface area contributed by atoms with E-state index in [4.69, 9.17) is 4.42 Å². The number of nitrogens with zero attached hydrogens (tertiary/aromatic N) is 3. The van der Waals surface area contributed by atoms with Crippen LogP contribution in [0.2, 0.25) is 0 Å². The first-order chi connectivity index (χ1) is 14.5. The van der Waals surface area contributed by atoms with Crippen LogP contribution in [0.25, 0.3) is 0 Å². The van der Waals surface area contributed by atoms with Crippen molar-refractivity contribution in [1.29, 1.82) is 0 Å². The molecule has 0 spiro atoms. The van der Waals surface area contributed by atoms with Crippen LogP contribution < -0.4 is 10.2 Å². The predicted molar refractivity (Wildman–Crippen MR) is 109 cm³/mol. The zero-order valence-corrected chi connectivity index (χ0v) is 16.3. The molecule has 1 aromatic carbocycles. The van der Waals surface area contributed by atoms with Gasteiger partial charge in [0.1, 0.15) is 0 Å². The van der Waals surface area contributed by atoms with Gasteiger partial charge in [-0.3, -0.25) is 19.7 Å². The Hall–Kier alpha value is -3.62. The molecule has 1 aromatic heterocycles. The summed E-state index contributed by atoms with van der Waals surface area (Å²) in [4.78, 5) is 40.2. The van der Waals surface area contributed by atoms with Gasteiger partial charge in [-0.2, -0.15) is 0 Å². The van der Waals surface area contributed by atoms with Gasteiger partial charge in [0.15, 0.2) is 5.76 Å². The monoisotopic (exact) mass is 410 g/mol. The number of nitro groups is 1. The summed E-state index contributed by atoms with van der Waals surface area (Å²) in [5.74, 6) is -0.552. The van der Waals surface area contributed by atoms with E-state index in [9.17, 15) is 19.7 Å². The summed E-state index contributed by atoms with van der Waals surface area (Å²) >= 11 is 0. The summed E-state index contributed by atoms with van der Waals surface area (Å²) in [6, 6.07) is 7.81. The van der Waals surface area contributed by atoms with Gasteiger partial charge in [0.05, 0.1) is 23.1 Å². The molecule has 2 aliphatic heterocycles. The first-order valence-electron chi connectivity index (χ1n) is 9.75. The molecule has 156 valence electrons. The maximum atomic E-state index is 12.9. The second-order valence-electron chi connectivity index (χ2n) is 7.40. The van der Waals surface area contributed by atoms with Gasteiger partial charge in [-0.15, -0.1) is 6.58 Å². The second-order valence-corrected chi connectivity index (χ2v) is 7.40. The minimum atomic E-state index is -0.452. The number of non-ortho nitro benzene ring substituents is 1. The number of rotatable bonds is 5. The fourth-order valence-corrected chi connectivity index (χ4v) is 4.27. The van der Waals surface area contributed by atoms with E-state index in [1.807, 2.05) is 0 Å². The lowest BCUT2D eigenvalue weighted by molar-refractivity contribution is -0.384. The molecule has 3 heterocycles.